The SMILES string of the molecule is CC(=O)c1sc(C(C)(C)C)cc1Nc1ccc(N)cc1. The summed E-state index contributed by atoms with van der Waals surface area (Å²) in [6, 6.07) is 9.57. The first kappa shape index (κ1) is 14.6. The van der Waals surface area contributed by atoms with Crippen molar-refractivity contribution in [1.29, 1.82) is 0 Å². The number of hydrogen-bond acceptors (Lipinski definition) is 4. The van der Waals surface area contributed by atoms with Crippen LogP contribution in [0.3, 0.4) is 0 Å². The number of ketones is 1. The average molecular weight is 288 g/mol. The van der Waals surface area contributed by atoms with E-state index in [1.807, 2.05) is 24.3 Å². The molecule has 3 N–H and O–H groups in total. The molecule has 3 nitrogen and oxygen atoms in total. The smallest absolute Gasteiger partial charge is 0.171 e. The van der Waals surface area contributed by atoms with Crippen LogP contribution < -0.4 is 11.1 Å². The summed E-state index contributed by atoms with van der Waals surface area (Å²) < 4.78 is 0. The van der Waals surface area contributed by atoms with Gasteiger partial charge >= 0.3 is 0 Å². The number of nitrogens with one attached hydrogen (secondary N) is 1. The molecule has 2 aromatic rings. The maximum absolute atomic E-state index is 11.8. The van der Waals surface area contributed by atoms with E-state index in [9.17, 15) is 4.79 Å². The zero-order chi connectivity index (χ0) is 14.9. The molecule has 1 aromatic carbocycles. The third kappa shape index (κ3) is 3.20. The van der Waals surface area contributed by atoms with Gasteiger partial charge < -0.3 is 11.1 Å². The minimum absolute atomic E-state index is 0.0376. The van der Waals surface area contributed by atoms with E-state index in [1.54, 1.807) is 18.3 Å². The number of Topliss-reactive ketones (excluding diaryl/α,β-unsaturated/α-hetero) is 1. The molecule has 0 spiro atoms. The summed E-state index contributed by atoms with van der Waals surface area (Å²) in [5.74, 6) is 0.0865. The summed E-state index contributed by atoms with van der Waals surface area (Å²) in [7, 11) is 0. The molecule has 0 aliphatic heterocycles. The summed E-state index contributed by atoms with van der Waals surface area (Å²) in [6.07, 6.45) is 0. The zero-order valence-corrected chi connectivity index (χ0v) is 13.1. The van der Waals surface area contributed by atoms with Crippen molar-refractivity contribution < 1.29 is 4.79 Å². The Morgan fingerprint density at radius 1 is 1.20 bits per heavy atom. The van der Waals surface area contributed by atoms with Crippen molar-refractivity contribution in [1.82, 2.24) is 0 Å². The van der Waals surface area contributed by atoms with E-state index >= 15 is 0 Å². The lowest BCUT2D eigenvalue weighted by Gasteiger charge is -2.15. The molecule has 1 heterocycles. The highest BCUT2D eigenvalue weighted by Crippen LogP contribution is 2.37. The molecular weight excluding hydrogens is 268 g/mol. The molecule has 1 aromatic heterocycles. The monoisotopic (exact) mass is 288 g/mol. The molecular formula is C16H20N2OS. The van der Waals surface area contributed by atoms with Crippen LogP contribution in [-0.4, -0.2) is 5.78 Å². The van der Waals surface area contributed by atoms with Gasteiger partial charge in [0.2, 0.25) is 0 Å². The maximum atomic E-state index is 11.8. The Bertz CT molecular complexity index is 621. The van der Waals surface area contributed by atoms with Gasteiger partial charge in [0.15, 0.2) is 5.78 Å². The van der Waals surface area contributed by atoms with Crippen LogP contribution in [0.25, 0.3) is 0 Å². The molecule has 0 atom stereocenters. The van der Waals surface area contributed by atoms with Crippen molar-refractivity contribution >= 4 is 34.2 Å². The highest BCUT2D eigenvalue weighted by atomic mass is 32.1. The molecule has 0 fully saturated rings. The van der Waals surface area contributed by atoms with Crippen LogP contribution in [0.1, 0.15) is 42.2 Å². The lowest BCUT2D eigenvalue weighted by molar-refractivity contribution is 0.102. The van der Waals surface area contributed by atoms with Gasteiger partial charge in [0.1, 0.15) is 0 Å². The summed E-state index contributed by atoms with van der Waals surface area (Å²) >= 11 is 1.56. The predicted octanol–water partition coefficient (Wildman–Crippen LogP) is 4.57. The molecule has 0 saturated heterocycles. The predicted molar refractivity (Wildman–Crippen MR) is 87.2 cm³/mol. The largest absolute Gasteiger partial charge is 0.399 e. The minimum Gasteiger partial charge on any atom is -0.399 e. The van der Waals surface area contributed by atoms with Gasteiger partial charge in [0, 0.05) is 23.2 Å². The second-order valence-corrected chi connectivity index (χ2v) is 6.96. The molecule has 2 rings (SSSR count). The molecule has 106 valence electrons. The minimum atomic E-state index is 0.0376. The Labute approximate surface area is 123 Å². The Kier molecular flexibility index (Phi) is 3.86. The van der Waals surface area contributed by atoms with Crippen molar-refractivity contribution in [2.45, 2.75) is 33.1 Å². The Morgan fingerprint density at radius 3 is 2.30 bits per heavy atom. The number of carbonyl (C=O) groups is 1. The molecule has 0 unspecified atom stereocenters. The first-order valence-corrected chi connectivity index (χ1v) is 7.37. The van der Waals surface area contributed by atoms with E-state index in [0.717, 1.165) is 21.9 Å². The fourth-order valence-electron chi connectivity index (χ4n) is 1.84. The number of carbonyl (C=O) groups excluding carboxylic acids is 1. The molecule has 0 radical (unpaired) electrons. The zero-order valence-electron chi connectivity index (χ0n) is 12.3. The first-order chi connectivity index (χ1) is 9.27. The molecule has 0 amide bonds. The number of rotatable bonds is 3. The Hall–Kier alpha value is -1.81. The van der Waals surface area contributed by atoms with E-state index in [-0.39, 0.29) is 11.2 Å². The standard InChI is InChI=1S/C16H20N2OS/c1-10(19)15-13(9-14(20-15)16(2,3)4)18-12-7-5-11(17)6-8-12/h5-9,18H,17H2,1-4H3. The van der Waals surface area contributed by atoms with E-state index < -0.39 is 0 Å². The van der Waals surface area contributed by atoms with E-state index in [4.69, 9.17) is 5.73 Å². The van der Waals surface area contributed by atoms with Gasteiger partial charge in [-0.25, -0.2) is 0 Å². The maximum Gasteiger partial charge on any atom is 0.171 e. The van der Waals surface area contributed by atoms with Crippen LogP contribution in [0.4, 0.5) is 17.1 Å². The highest BCUT2D eigenvalue weighted by Gasteiger charge is 2.21. The fourth-order valence-corrected chi connectivity index (χ4v) is 2.90. The second kappa shape index (κ2) is 5.29. The van der Waals surface area contributed by atoms with Gasteiger partial charge in [-0.05, 0) is 35.7 Å². The van der Waals surface area contributed by atoms with Gasteiger partial charge in [0.25, 0.3) is 0 Å². The van der Waals surface area contributed by atoms with Crippen molar-refractivity contribution in [3.63, 3.8) is 0 Å². The number of thiophene rings is 1. The summed E-state index contributed by atoms with van der Waals surface area (Å²) in [4.78, 5) is 13.8. The molecule has 0 saturated carbocycles. The van der Waals surface area contributed by atoms with Crippen molar-refractivity contribution in [3.8, 4) is 0 Å². The molecule has 0 aliphatic rings. The topological polar surface area (TPSA) is 55.1 Å². The van der Waals surface area contributed by atoms with Gasteiger partial charge in [-0.1, -0.05) is 20.8 Å². The average Bonchev–Trinajstić information content (AvgIpc) is 2.76. The highest BCUT2D eigenvalue weighted by molar-refractivity contribution is 7.14. The summed E-state index contributed by atoms with van der Waals surface area (Å²) in [5.41, 5.74) is 8.25. The lowest BCUT2D eigenvalue weighted by Crippen LogP contribution is -2.08. The number of benzene rings is 1. The van der Waals surface area contributed by atoms with Crippen LogP contribution in [0.2, 0.25) is 0 Å². The van der Waals surface area contributed by atoms with Crippen LogP contribution in [-0.2, 0) is 5.41 Å². The molecule has 20 heavy (non-hydrogen) atoms. The van der Waals surface area contributed by atoms with Crippen LogP contribution >= 0.6 is 11.3 Å². The fraction of sp³-hybridized carbons (Fsp3) is 0.312. The van der Waals surface area contributed by atoms with Crippen molar-refractivity contribution in [2.75, 3.05) is 11.1 Å². The quantitative estimate of drug-likeness (QED) is 0.642. The molecule has 0 bridgehead atoms. The Balaban J connectivity index is 2.37. The van der Waals surface area contributed by atoms with E-state index in [0.29, 0.717) is 0 Å². The van der Waals surface area contributed by atoms with Crippen LogP contribution in [0, 0.1) is 0 Å². The number of hydrogen-bond donors (Lipinski definition) is 2. The molecule has 4 heteroatoms. The van der Waals surface area contributed by atoms with E-state index in [1.165, 1.54) is 4.88 Å². The number of nitrogens with two attached hydrogens (primary N) is 1. The first-order valence-electron chi connectivity index (χ1n) is 6.55. The third-order valence-corrected chi connectivity index (χ3v) is 4.64. The van der Waals surface area contributed by atoms with Gasteiger partial charge in [0.05, 0.1) is 10.6 Å². The van der Waals surface area contributed by atoms with Crippen molar-refractivity contribution in [3.05, 3.63) is 40.1 Å². The van der Waals surface area contributed by atoms with Crippen molar-refractivity contribution in [2.24, 2.45) is 0 Å². The molecule has 0 aliphatic carbocycles. The third-order valence-electron chi connectivity index (χ3n) is 2.98. The summed E-state index contributed by atoms with van der Waals surface area (Å²) in [5, 5.41) is 3.31. The Morgan fingerprint density at radius 2 is 1.80 bits per heavy atom. The van der Waals surface area contributed by atoms with Gasteiger partial charge in [-0.3, -0.25) is 4.79 Å². The second-order valence-electron chi connectivity index (χ2n) is 5.91. The summed E-state index contributed by atoms with van der Waals surface area (Å²) in [6.45, 7) is 8.05. The number of anilines is 3. The van der Waals surface area contributed by atoms with Gasteiger partial charge in [-0.2, -0.15) is 0 Å². The van der Waals surface area contributed by atoms with Crippen LogP contribution in [0.5, 0.6) is 0 Å². The van der Waals surface area contributed by atoms with E-state index in [2.05, 4.69) is 32.2 Å². The van der Waals surface area contributed by atoms with Gasteiger partial charge in [-0.15, -0.1) is 11.3 Å². The lowest BCUT2D eigenvalue weighted by atomic mass is 9.94. The van der Waals surface area contributed by atoms with Crippen LogP contribution in [0.15, 0.2) is 30.3 Å². The number of nitrogen functional groups attached to an aromatic ring is 1. The normalized spacial score (nSPS) is 11.4.